The molecular formula is C9H19NO2. The summed E-state index contributed by atoms with van der Waals surface area (Å²) >= 11 is 0. The minimum absolute atomic E-state index is 0.201. The summed E-state index contributed by atoms with van der Waals surface area (Å²) in [6, 6.07) is 0. The highest BCUT2D eigenvalue weighted by molar-refractivity contribution is 5.65. The van der Waals surface area contributed by atoms with Crippen LogP contribution in [0.4, 0.5) is 0 Å². The first kappa shape index (κ1) is 11.4. The Hall–Kier alpha value is -0.570. The molecule has 0 aromatic heterocycles. The third-order valence-corrected chi connectivity index (χ3v) is 1.79. The molecule has 0 heterocycles. The van der Waals surface area contributed by atoms with Crippen molar-refractivity contribution in [2.45, 2.75) is 33.1 Å². The van der Waals surface area contributed by atoms with Crippen LogP contribution in [-0.2, 0) is 9.53 Å². The summed E-state index contributed by atoms with van der Waals surface area (Å²) in [7, 11) is 0. The minimum atomic E-state index is -0.201. The summed E-state index contributed by atoms with van der Waals surface area (Å²) in [5.74, 6) is 0.247. The summed E-state index contributed by atoms with van der Waals surface area (Å²) in [5, 5.41) is 0. The molecule has 0 bridgehead atoms. The SMILES string of the molecule is CCCC(CCN)COC(C)=O. The number of ether oxygens (including phenoxy) is 1. The average molecular weight is 173 g/mol. The molecule has 12 heavy (non-hydrogen) atoms. The van der Waals surface area contributed by atoms with Gasteiger partial charge in [0.15, 0.2) is 0 Å². The molecule has 0 aromatic carbocycles. The smallest absolute Gasteiger partial charge is 0.302 e. The van der Waals surface area contributed by atoms with Crippen LogP contribution in [0, 0.1) is 5.92 Å². The lowest BCUT2D eigenvalue weighted by atomic mass is 10.0. The maximum atomic E-state index is 10.5. The minimum Gasteiger partial charge on any atom is -0.466 e. The molecular weight excluding hydrogens is 154 g/mol. The predicted octanol–water partition coefficient (Wildman–Crippen LogP) is 1.31. The Balaban J connectivity index is 3.54. The highest BCUT2D eigenvalue weighted by atomic mass is 16.5. The Bertz CT molecular complexity index is 120. The van der Waals surface area contributed by atoms with Crippen molar-refractivity contribution in [2.75, 3.05) is 13.2 Å². The number of carbonyl (C=O) groups excluding carboxylic acids is 1. The van der Waals surface area contributed by atoms with Crippen LogP contribution in [0.5, 0.6) is 0 Å². The molecule has 0 aliphatic heterocycles. The van der Waals surface area contributed by atoms with E-state index in [1.54, 1.807) is 0 Å². The van der Waals surface area contributed by atoms with Crippen molar-refractivity contribution < 1.29 is 9.53 Å². The maximum Gasteiger partial charge on any atom is 0.302 e. The van der Waals surface area contributed by atoms with Crippen LogP contribution in [-0.4, -0.2) is 19.1 Å². The van der Waals surface area contributed by atoms with Crippen LogP contribution in [0.15, 0.2) is 0 Å². The quantitative estimate of drug-likeness (QED) is 0.616. The van der Waals surface area contributed by atoms with Gasteiger partial charge in [0.1, 0.15) is 0 Å². The lowest BCUT2D eigenvalue weighted by Gasteiger charge is -2.13. The van der Waals surface area contributed by atoms with E-state index in [9.17, 15) is 4.79 Å². The lowest BCUT2D eigenvalue weighted by molar-refractivity contribution is -0.142. The second-order valence-corrected chi connectivity index (χ2v) is 3.03. The highest BCUT2D eigenvalue weighted by Gasteiger charge is 2.07. The van der Waals surface area contributed by atoms with Gasteiger partial charge in [0, 0.05) is 6.92 Å². The van der Waals surface area contributed by atoms with Crippen molar-refractivity contribution in [1.82, 2.24) is 0 Å². The van der Waals surface area contributed by atoms with E-state index in [4.69, 9.17) is 10.5 Å². The Labute approximate surface area is 74.3 Å². The van der Waals surface area contributed by atoms with Gasteiger partial charge in [-0.1, -0.05) is 13.3 Å². The van der Waals surface area contributed by atoms with Crippen molar-refractivity contribution in [3.05, 3.63) is 0 Å². The summed E-state index contributed by atoms with van der Waals surface area (Å²) in [5.41, 5.74) is 5.43. The zero-order valence-electron chi connectivity index (χ0n) is 8.01. The van der Waals surface area contributed by atoms with Crippen molar-refractivity contribution in [3.8, 4) is 0 Å². The maximum absolute atomic E-state index is 10.5. The van der Waals surface area contributed by atoms with Crippen LogP contribution in [0.25, 0.3) is 0 Å². The van der Waals surface area contributed by atoms with Crippen LogP contribution in [0.2, 0.25) is 0 Å². The molecule has 0 amide bonds. The zero-order valence-corrected chi connectivity index (χ0v) is 8.01. The van der Waals surface area contributed by atoms with Gasteiger partial charge in [-0.15, -0.1) is 0 Å². The highest BCUT2D eigenvalue weighted by Crippen LogP contribution is 2.10. The van der Waals surface area contributed by atoms with E-state index in [-0.39, 0.29) is 5.97 Å². The van der Waals surface area contributed by atoms with Gasteiger partial charge in [-0.2, -0.15) is 0 Å². The first-order chi connectivity index (χ1) is 5.70. The monoisotopic (exact) mass is 173 g/mol. The van der Waals surface area contributed by atoms with Crippen molar-refractivity contribution in [3.63, 3.8) is 0 Å². The van der Waals surface area contributed by atoms with Crippen LogP contribution in [0.1, 0.15) is 33.1 Å². The second kappa shape index (κ2) is 7.10. The van der Waals surface area contributed by atoms with Gasteiger partial charge in [-0.25, -0.2) is 0 Å². The molecule has 3 nitrogen and oxygen atoms in total. The largest absolute Gasteiger partial charge is 0.466 e. The number of esters is 1. The van der Waals surface area contributed by atoms with Crippen molar-refractivity contribution in [2.24, 2.45) is 11.7 Å². The fourth-order valence-corrected chi connectivity index (χ4v) is 1.19. The number of hydrogen-bond acceptors (Lipinski definition) is 3. The number of carbonyl (C=O) groups is 1. The van der Waals surface area contributed by atoms with E-state index in [2.05, 4.69) is 6.92 Å². The van der Waals surface area contributed by atoms with Gasteiger partial charge in [-0.3, -0.25) is 4.79 Å². The van der Waals surface area contributed by atoms with E-state index in [0.29, 0.717) is 19.1 Å². The van der Waals surface area contributed by atoms with E-state index < -0.39 is 0 Å². The van der Waals surface area contributed by atoms with Gasteiger partial charge in [0.2, 0.25) is 0 Å². The first-order valence-electron chi connectivity index (χ1n) is 4.54. The third-order valence-electron chi connectivity index (χ3n) is 1.79. The Kier molecular flexibility index (Phi) is 6.76. The Morgan fingerprint density at radius 1 is 1.50 bits per heavy atom. The van der Waals surface area contributed by atoms with Crippen molar-refractivity contribution in [1.29, 1.82) is 0 Å². The second-order valence-electron chi connectivity index (χ2n) is 3.03. The summed E-state index contributed by atoms with van der Waals surface area (Å²) in [6.45, 7) is 4.76. The molecule has 0 fully saturated rings. The molecule has 0 aliphatic rings. The third kappa shape index (κ3) is 6.16. The number of nitrogens with two attached hydrogens (primary N) is 1. The van der Waals surface area contributed by atoms with Gasteiger partial charge < -0.3 is 10.5 Å². The topological polar surface area (TPSA) is 52.3 Å². The summed E-state index contributed by atoms with van der Waals surface area (Å²) < 4.78 is 4.91. The molecule has 0 aromatic rings. The Morgan fingerprint density at radius 3 is 2.58 bits per heavy atom. The molecule has 1 unspecified atom stereocenters. The summed E-state index contributed by atoms with van der Waals surface area (Å²) in [4.78, 5) is 10.5. The normalized spacial score (nSPS) is 12.6. The molecule has 0 spiro atoms. The van der Waals surface area contributed by atoms with Gasteiger partial charge in [0.25, 0.3) is 0 Å². The molecule has 72 valence electrons. The van der Waals surface area contributed by atoms with Crippen LogP contribution < -0.4 is 5.73 Å². The summed E-state index contributed by atoms with van der Waals surface area (Å²) in [6.07, 6.45) is 3.15. The molecule has 0 aliphatic carbocycles. The van der Waals surface area contributed by atoms with Gasteiger partial charge in [0.05, 0.1) is 6.61 Å². The zero-order chi connectivity index (χ0) is 9.40. The van der Waals surface area contributed by atoms with E-state index >= 15 is 0 Å². The average Bonchev–Trinajstić information content (AvgIpc) is 2.01. The molecule has 0 radical (unpaired) electrons. The van der Waals surface area contributed by atoms with Crippen LogP contribution >= 0.6 is 0 Å². The fraction of sp³-hybridized carbons (Fsp3) is 0.889. The van der Waals surface area contributed by atoms with E-state index in [0.717, 1.165) is 19.3 Å². The van der Waals surface area contributed by atoms with Crippen LogP contribution in [0.3, 0.4) is 0 Å². The lowest BCUT2D eigenvalue weighted by Crippen LogP contribution is -2.16. The van der Waals surface area contributed by atoms with E-state index in [1.165, 1.54) is 6.92 Å². The standard InChI is InChI=1S/C9H19NO2/c1-3-4-9(5-6-10)7-12-8(2)11/h9H,3-7,10H2,1-2H3. The molecule has 2 N–H and O–H groups in total. The molecule has 0 rings (SSSR count). The molecule has 0 saturated heterocycles. The first-order valence-corrected chi connectivity index (χ1v) is 4.54. The fourth-order valence-electron chi connectivity index (χ4n) is 1.19. The molecule has 3 heteroatoms. The molecule has 1 atom stereocenters. The Morgan fingerprint density at radius 2 is 2.17 bits per heavy atom. The van der Waals surface area contributed by atoms with Crippen molar-refractivity contribution >= 4 is 5.97 Å². The number of rotatable bonds is 6. The number of hydrogen-bond donors (Lipinski definition) is 1. The van der Waals surface area contributed by atoms with E-state index in [1.807, 2.05) is 0 Å². The molecule has 0 saturated carbocycles. The van der Waals surface area contributed by atoms with Gasteiger partial charge >= 0.3 is 5.97 Å². The predicted molar refractivity (Wildman–Crippen MR) is 48.7 cm³/mol. The van der Waals surface area contributed by atoms with Gasteiger partial charge in [-0.05, 0) is 25.3 Å².